The molecule has 0 rings (SSSR count). The zero-order chi connectivity index (χ0) is 7.71. The Kier molecular flexibility index (Phi) is 2.84. The normalized spacial score (nSPS) is 13.1. The van der Waals surface area contributed by atoms with Crippen molar-refractivity contribution in [1.29, 1.82) is 0 Å². The first-order valence-corrected chi connectivity index (χ1v) is 9.25. The van der Waals surface area contributed by atoms with Crippen LogP contribution in [0.25, 0.3) is 0 Å². The highest BCUT2D eigenvalue weighted by Crippen LogP contribution is 2.38. The van der Waals surface area contributed by atoms with E-state index in [0.717, 1.165) is 0 Å². The largest absolute Gasteiger partial charge is 0.207 e. The molecular formula is C6H18NP2+. The molecule has 0 spiro atoms. The van der Waals surface area contributed by atoms with Gasteiger partial charge in [-0.25, -0.2) is 0 Å². The molecule has 0 aromatic rings. The molecule has 0 aliphatic carbocycles. The fourth-order valence-electron chi connectivity index (χ4n) is 0.805. The minimum absolute atomic E-state index is 0.863. The molecule has 0 aliphatic heterocycles. The van der Waals surface area contributed by atoms with Crippen molar-refractivity contribution in [3.8, 4) is 0 Å². The van der Waals surface area contributed by atoms with Gasteiger partial charge in [0.2, 0.25) is 14.1 Å². The third kappa shape index (κ3) is 8.57. The van der Waals surface area contributed by atoms with E-state index < -0.39 is 14.1 Å². The second kappa shape index (κ2) is 2.67. The minimum atomic E-state index is -0.863. The highest BCUT2D eigenvalue weighted by atomic mass is 31.2. The van der Waals surface area contributed by atoms with Gasteiger partial charge >= 0.3 is 0 Å². The summed E-state index contributed by atoms with van der Waals surface area (Å²) in [6.45, 7) is 13.6. The molecule has 0 N–H and O–H groups in total. The quantitative estimate of drug-likeness (QED) is 0.387. The summed E-state index contributed by atoms with van der Waals surface area (Å²) in [5.41, 5.74) is 0. The Morgan fingerprint density at radius 2 is 0.889 bits per heavy atom. The Morgan fingerprint density at radius 3 is 0.889 bits per heavy atom. The summed E-state index contributed by atoms with van der Waals surface area (Å²) in [6, 6.07) is 0. The second-order valence-electron chi connectivity index (χ2n) is 3.97. The van der Waals surface area contributed by atoms with Crippen molar-refractivity contribution in [1.82, 2.24) is 4.17 Å². The van der Waals surface area contributed by atoms with Crippen molar-refractivity contribution in [2.24, 2.45) is 0 Å². The first-order valence-electron chi connectivity index (χ1n) is 3.08. The van der Waals surface area contributed by atoms with Crippen molar-refractivity contribution >= 4 is 14.1 Å². The number of rotatable bonds is 0. The van der Waals surface area contributed by atoms with Crippen LogP contribution < -0.4 is 4.17 Å². The smallest absolute Gasteiger partial charge is 0.178 e. The van der Waals surface area contributed by atoms with Crippen molar-refractivity contribution in [2.75, 3.05) is 40.0 Å². The van der Waals surface area contributed by atoms with Crippen LogP contribution in [0.3, 0.4) is 0 Å². The predicted octanol–water partition coefficient (Wildman–Crippen LogP) is 2.23. The summed E-state index contributed by atoms with van der Waals surface area (Å²) in [5, 5.41) is 0. The van der Waals surface area contributed by atoms with Crippen molar-refractivity contribution in [2.45, 2.75) is 0 Å². The molecule has 0 bridgehead atoms. The molecule has 0 radical (unpaired) electrons. The van der Waals surface area contributed by atoms with Crippen molar-refractivity contribution in [3.05, 3.63) is 0 Å². The molecule has 0 heterocycles. The average Bonchev–Trinajstić information content (AvgIpc) is 1.14. The summed E-state index contributed by atoms with van der Waals surface area (Å²) in [6.07, 6.45) is 0. The van der Waals surface area contributed by atoms with Gasteiger partial charge in [0.05, 0.1) is 0 Å². The fraction of sp³-hybridized carbons (Fsp3) is 1.00. The number of nitrogens with zero attached hydrogens (tertiary/aromatic N) is 1. The average molecular weight is 166 g/mol. The summed E-state index contributed by atoms with van der Waals surface area (Å²) in [7, 11) is -1.73. The summed E-state index contributed by atoms with van der Waals surface area (Å²) in [4.78, 5) is 0. The van der Waals surface area contributed by atoms with Crippen LogP contribution in [0.4, 0.5) is 0 Å². The second-order valence-corrected chi connectivity index (χ2v) is 12.5. The number of hydrogen-bond acceptors (Lipinski definition) is 0. The molecule has 0 unspecified atom stereocenters. The highest BCUT2D eigenvalue weighted by molar-refractivity contribution is 7.71. The SMILES string of the molecule is CP(C)(C)=[N+]=P(C)(C)C. The lowest BCUT2D eigenvalue weighted by molar-refractivity contribution is 1.71. The van der Waals surface area contributed by atoms with Gasteiger partial charge in [-0.05, 0) is 0 Å². The minimum Gasteiger partial charge on any atom is -0.178 e. The maximum Gasteiger partial charge on any atom is 0.207 e. The zero-order valence-corrected chi connectivity index (χ0v) is 9.13. The molecule has 0 aromatic heterocycles. The topological polar surface area (TPSA) is 14.1 Å². The van der Waals surface area contributed by atoms with E-state index in [4.69, 9.17) is 4.17 Å². The summed E-state index contributed by atoms with van der Waals surface area (Å²) in [5.74, 6) is 0. The molecule has 3 heteroatoms. The van der Waals surface area contributed by atoms with E-state index in [1.54, 1.807) is 0 Å². The van der Waals surface area contributed by atoms with Gasteiger partial charge in [-0.15, -0.1) is 0 Å². The van der Waals surface area contributed by atoms with Crippen molar-refractivity contribution < 1.29 is 0 Å². The molecule has 56 valence electrons. The molecule has 0 aromatic carbocycles. The Morgan fingerprint density at radius 1 is 0.667 bits per heavy atom. The van der Waals surface area contributed by atoms with Gasteiger partial charge in [0.15, 0.2) is 0 Å². The van der Waals surface area contributed by atoms with Gasteiger partial charge in [0, 0.05) is 40.0 Å². The van der Waals surface area contributed by atoms with Gasteiger partial charge in [-0.1, -0.05) is 0 Å². The Bertz CT molecular complexity index is 163. The lowest BCUT2D eigenvalue weighted by Gasteiger charge is -1.91. The van der Waals surface area contributed by atoms with Crippen LogP contribution in [0.5, 0.6) is 0 Å². The molecule has 9 heavy (non-hydrogen) atoms. The van der Waals surface area contributed by atoms with Crippen LogP contribution in [0, 0.1) is 0 Å². The third-order valence-corrected chi connectivity index (χ3v) is 4.83. The molecule has 0 amide bonds. The van der Waals surface area contributed by atoms with E-state index in [1.165, 1.54) is 0 Å². The van der Waals surface area contributed by atoms with Crippen LogP contribution in [-0.2, 0) is 0 Å². The summed E-state index contributed by atoms with van der Waals surface area (Å²) >= 11 is 0. The molecule has 0 aliphatic rings. The lowest BCUT2D eigenvalue weighted by Crippen LogP contribution is -1.79. The fourth-order valence-corrected chi connectivity index (χ4v) is 7.24. The molecule has 0 fully saturated rings. The maximum absolute atomic E-state index is 4.76. The van der Waals surface area contributed by atoms with E-state index in [-0.39, 0.29) is 0 Å². The van der Waals surface area contributed by atoms with E-state index in [1.807, 2.05) is 0 Å². The Balaban J connectivity index is 5.10. The highest BCUT2D eigenvalue weighted by Gasteiger charge is 2.10. The number of hydrogen-bond donors (Lipinski definition) is 0. The van der Waals surface area contributed by atoms with Crippen LogP contribution in [-0.4, -0.2) is 40.0 Å². The van der Waals surface area contributed by atoms with E-state index >= 15 is 0 Å². The first kappa shape index (κ1) is 9.57. The Hall–Kier alpha value is 0.570. The standard InChI is InChI=1S/C6H18NP2/c1-8(2,3)7-9(4,5)6/h1-6H3/q+1. The van der Waals surface area contributed by atoms with E-state index in [0.29, 0.717) is 0 Å². The third-order valence-electron chi connectivity index (χ3n) is 0.537. The first-order chi connectivity index (χ1) is 3.71. The maximum atomic E-state index is 4.76. The predicted molar refractivity (Wildman–Crippen MR) is 51.5 cm³/mol. The van der Waals surface area contributed by atoms with E-state index in [2.05, 4.69) is 40.0 Å². The summed E-state index contributed by atoms with van der Waals surface area (Å²) < 4.78 is 4.76. The van der Waals surface area contributed by atoms with Crippen LogP contribution in [0.1, 0.15) is 0 Å². The lowest BCUT2D eigenvalue weighted by atomic mass is 11.9. The van der Waals surface area contributed by atoms with Gasteiger partial charge in [0.1, 0.15) is 0 Å². The van der Waals surface area contributed by atoms with Crippen molar-refractivity contribution in [3.63, 3.8) is 0 Å². The van der Waals surface area contributed by atoms with Crippen LogP contribution in [0.2, 0.25) is 0 Å². The molecule has 0 saturated heterocycles. The molecule has 1 nitrogen and oxygen atoms in total. The Labute approximate surface area is 59.0 Å². The van der Waals surface area contributed by atoms with E-state index in [9.17, 15) is 0 Å². The van der Waals surface area contributed by atoms with Gasteiger partial charge in [-0.3, -0.25) is 0 Å². The van der Waals surface area contributed by atoms with Gasteiger partial charge in [-0.2, -0.15) is 4.17 Å². The van der Waals surface area contributed by atoms with Gasteiger partial charge in [0.25, 0.3) is 0 Å². The zero-order valence-electron chi connectivity index (χ0n) is 7.34. The molecule has 0 saturated carbocycles. The van der Waals surface area contributed by atoms with Crippen LogP contribution >= 0.6 is 14.1 Å². The van der Waals surface area contributed by atoms with Gasteiger partial charge < -0.3 is 0 Å². The van der Waals surface area contributed by atoms with Crippen LogP contribution in [0.15, 0.2) is 0 Å². The molecular weight excluding hydrogens is 148 g/mol. The molecule has 0 atom stereocenters. The monoisotopic (exact) mass is 166 g/mol.